The summed E-state index contributed by atoms with van der Waals surface area (Å²) in [4.78, 5) is 10.8. The predicted octanol–water partition coefficient (Wildman–Crippen LogP) is 4.78. The van der Waals surface area contributed by atoms with E-state index in [1.165, 1.54) is 19.3 Å². The van der Waals surface area contributed by atoms with Gasteiger partial charge in [0.2, 0.25) is 0 Å². The highest BCUT2D eigenvalue weighted by Gasteiger charge is 2.52. The Morgan fingerprint density at radius 2 is 1.70 bits per heavy atom. The van der Waals surface area contributed by atoms with Gasteiger partial charge in [0, 0.05) is 11.1 Å². The fraction of sp³-hybridized carbons (Fsp3) is 0.591. The van der Waals surface area contributed by atoms with Crippen LogP contribution in [0.3, 0.4) is 0 Å². The van der Waals surface area contributed by atoms with Crippen LogP contribution < -0.4 is 4.90 Å². The summed E-state index contributed by atoms with van der Waals surface area (Å²) in [6.07, 6.45) is 3.77. The molecule has 1 atom stereocenters. The molecular formula is C22H30N4S. The van der Waals surface area contributed by atoms with Crippen LogP contribution in [-0.4, -0.2) is 40.4 Å². The number of aliphatic imine (C=N–C) groups is 1. The standard InChI is InChI=1S/C22H30N4S/c1-21(2,3)24-19-18(25-13-7-6-8-14-25)22(4,5)20(27)26(19)17-11-9-16(15-23)10-12-17/h9-12,18H,6-8,13-14H2,1-5H3. The van der Waals surface area contributed by atoms with Crippen LogP contribution in [0.25, 0.3) is 0 Å². The molecule has 2 aliphatic heterocycles. The molecule has 1 unspecified atom stereocenters. The lowest BCUT2D eigenvalue weighted by atomic mass is 9.85. The molecule has 3 rings (SSSR count). The average molecular weight is 383 g/mol. The van der Waals surface area contributed by atoms with E-state index in [2.05, 4.69) is 50.5 Å². The third kappa shape index (κ3) is 3.93. The molecule has 0 aromatic heterocycles. The molecule has 0 N–H and O–H groups in total. The summed E-state index contributed by atoms with van der Waals surface area (Å²) >= 11 is 5.99. The SMILES string of the molecule is CC(C)(C)N=C1C(N2CCCCC2)C(C)(C)C(=S)N1c1ccc(C#N)cc1. The third-order valence-electron chi connectivity index (χ3n) is 5.37. The van der Waals surface area contributed by atoms with Crippen molar-refractivity contribution in [2.45, 2.75) is 65.5 Å². The monoisotopic (exact) mass is 382 g/mol. The lowest BCUT2D eigenvalue weighted by Crippen LogP contribution is -2.50. The Labute approximate surface area is 168 Å². The van der Waals surface area contributed by atoms with E-state index in [4.69, 9.17) is 22.5 Å². The number of hydrogen-bond donors (Lipinski definition) is 0. The van der Waals surface area contributed by atoms with Gasteiger partial charge in [0.15, 0.2) is 0 Å². The second-order valence-corrected chi connectivity index (χ2v) is 9.55. The van der Waals surface area contributed by atoms with Crippen molar-refractivity contribution in [3.05, 3.63) is 29.8 Å². The highest BCUT2D eigenvalue weighted by molar-refractivity contribution is 7.80. The van der Waals surface area contributed by atoms with Crippen LogP contribution in [0, 0.1) is 16.7 Å². The van der Waals surface area contributed by atoms with Crippen LogP contribution in [0.1, 0.15) is 59.4 Å². The van der Waals surface area contributed by atoms with Crippen molar-refractivity contribution in [1.29, 1.82) is 5.26 Å². The number of thiocarbonyl (C=S) groups is 1. The Balaban J connectivity index is 2.11. The predicted molar refractivity (Wildman–Crippen MR) is 116 cm³/mol. The van der Waals surface area contributed by atoms with E-state index in [0.29, 0.717) is 5.56 Å². The Bertz CT molecular complexity index is 774. The quantitative estimate of drug-likeness (QED) is 0.690. The van der Waals surface area contributed by atoms with Crippen molar-refractivity contribution in [2.75, 3.05) is 18.0 Å². The first-order valence-corrected chi connectivity index (χ1v) is 10.2. The highest BCUT2D eigenvalue weighted by atomic mass is 32.1. The summed E-state index contributed by atoms with van der Waals surface area (Å²) in [6, 6.07) is 10.1. The molecule has 1 aromatic carbocycles. The van der Waals surface area contributed by atoms with Gasteiger partial charge in [-0.25, -0.2) is 0 Å². The summed E-state index contributed by atoms with van der Waals surface area (Å²) < 4.78 is 0. The fourth-order valence-electron chi connectivity index (χ4n) is 4.14. The molecule has 0 aliphatic carbocycles. The number of nitriles is 1. The van der Waals surface area contributed by atoms with Crippen LogP contribution in [-0.2, 0) is 0 Å². The fourth-order valence-corrected chi connectivity index (χ4v) is 4.45. The summed E-state index contributed by atoms with van der Waals surface area (Å²) in [5, 5.41) is 9.13. The molecule has 1 aromatic rings. The normalized spacial score (nSPS) is 25.0. The molecule has 0 spiro atoms. The maximum atomic E-state index is 9.13. The molecule has 4 nitrogen and oxygen atoms in total. The van der Waals surface area contributed by atoms with Crippen LogP contribution in [0.15, 0.2) is 29.3 Å². The lowest BCUT2D eigenvalue weighted by Gasteiger charge is -2.38. The molecule has 2 heterocycles. The number of likely N-dealkylation sites (tertiary alicyclic amines) is 1. The first kappa shape index (κ1) is 20.0. The van der Waals surface area contributed by atoms with Gasteiger partial charge in [0.05, 0.1) is 28.2 Å². The van der Waals surface area contributed by atoms with E-state index in [9.17, 15) is 0 Å². The van der Waals surface area contributed by atoms with Gasteiger partial charge in [0.1, 0.15) is 5.84 Å². The van der Waals surface area contributed by atoms with Crippen molar-refractivity contribution in [2.24, 2.45) is 10.4 Å². The molecule has 144 valence electrons. The molecule has 0 amide bonds. The maximum absolute atomic E-state index is 9.13. The Morgan fingerprint density at radius 1 is 1.11 bits per heavy atom. The van der Waals surface area contributed by atoms with Crippen LogP contribution in [0.2, 0.25) is 0 Å². The number of piperidine rings is 1. The van der Waals surface area contributed by atoms with E-state index < -0.39 is 0 Å². The second kappa shape index (κ2) is 7.33. The Morgan fingerprint density at radius 3 is 2.22 bits per heavy atom. The lowest BCUT2D eigenvalue weighted by molar-refractivity contribution is 0.154. The smallest absolute Gasteiger partial charge is 0.127 e. The van der Waals surface area contributed by atoms with Gasteiger partial charge < -0.3 is 0 Å². The largest absolute Gasteiger partial charge is 0.293 e. The van der Waals surface area contributed by atoms with Crippen LogP contribution in [0.5, 0.6) is 0 Å². The second-order valence-electron chi connectivity index (χ2n) is 9.16. The zero-order valence-electron chi connectivity index (χ0n) is 17.1. The topological polar surface area (TPSA) is 42.6 Å². The number of anilines is 1. The van der Waals surface area contributed by atoms with Gasteiger partial charge >= 0.3 is 0 Å². The van der Waals surface area contributed by atoms with Crippen molar-refractivity contribution < 1.29 is 0 Å². The van der Waals surface area contributed by atoms with E-state index in [1.54, 1.807) is 0 Å². The highest BCUT2D eigenvalue weighted by Crippen LogP contribution is 2.41. The first-order valence-electron chi connectivity index (χ1n) is 9.84. The number of benzene rings is 1. The summed E-state index contributed by atoms with van der Waals surface area (Å²) in [7, 11) is 0. The number of hydrogen-bond acceptors (Lipinski definition) is 4. The molecular weight excluding hydrogens is 352 g/mol. The minimum absolute atomic E-state index is 0.176. The van der Waals surface area contributed by atoms with Gasteiger partial charge in [-0.3, -0.25) is 14.8 Å². The average Bonchev–Trinajstić information content (AvgIpc) is 2.80. The minimum Gasteiger partial charge on any atom is -0.293 e. The molecule has 0 saturated carbocycles. The number of nitrogens with zero attached hydrogens (tertiary/aromatic N) is 4. The van der Waals surface area contributed by atoms with Crippen LogP contribution in [0.4, 0.5) is 5.69 Å². The van der Waals surface area contributed by atoms with Crippen molar-refractivity contribution >= 4 is 28.7 Å². The summed E-state index contributed by atoms with van der Waals surface area (Å²) in [6.45, 7) is 13.1. The molecule has 2 fully saturated rings. The van der Waals surface area contributed by atoms with Crippen LogP contribution >= 0.6 is 12.2 Å². The minimum atomic E-state index is -0.190. The van der Waals surface area contributed by atoms with Gasteiger partial charge in [0.25, 0.3) is 0 Å². The van der Waals surface area contributed by atoms with E-state index in [-0.39, 0.29) is 17.0 Å². The maximum Gasteiger partial charge on any atom is 0.127 e. The van der Waals surface area contributed by atoms with Crippen molar-refractivity contribution in [1.82, 2.24) is 4.90 Å². The molecule has 2 saturated heterocycles. The molecule has 0 radical (unpaired) electrons. The summed E-state index contributed by atoms with van der Waals surface area (Å²) in [5.41, 5.74) is 1.29. The molecule has 0 bridgehead atoms. The first-order chi connectivity index (χ1) is 12.6. The Kier molecular flexibility index (Phi) is 5.42. The van der Waals surface area contributed by atoms with E-state index >= 15 is 0 Å². The number of amidine groups is 1. The van der Waals surface area contributed by atoms with Crippen molar-refractivity contribution in [3.8, 4) is 6.07 Å². The molecule has 5 heteroatoms. The van der Waals surface area contributed by atoms with E-state index in [0.717, 1.165) is 29.6 Å². The number of rotatable bonds is 2. The van der Waals surface area contributed by atoms with Gasteiger partial charge in [-0.2, -0.15) is 5.26 Å². The van der Waals surface area contributed by atoms with Gasteiger partial charge in [-0.15, -0.1) is 0 Å². The van der Waals surface area contributed by atoms with E-state index in [1.807, 2.05) is 24.3 Å². The zero-order valence-corrected chi connectivity index (χ0v) is 17.9. The van der Waals surface area contributed by atoms with Gasteiger partial charge in [-0.1, -0.05) is 32.5 Å². The summed E-state index contributed by atoms with van der Waals surface area (Å²) in [5.74, 6) is 1.05. The molecule has 27 heavy (non-hydrogen) atoms. The molecule has 2 aliphatic rings. The Hall–Kier alpha value is -1.77. The van der Waals surface area contributed by atoms with Crippen molar-refractivity contribution in [3.63, 3.8) is 0 Å². The zero-order chi connectivity index (χ0) is 19.8. The van der Waals surface area contributed by atoms with Gasteiger partial charge in [-0.05, 0) is 71.0 Å². The third-order valence-corrected chi connectivity index (χ3v) is 6.08.